The molecule has 12 heavy (non-hydrogen) atoms. The highest BCUT2D eigenvalue weighted by Crippen LogP contribution is 2.14. The van der Waals surface area contributed by atoms with Gasteiger partial charge in [-0.15, -0.1) is 0 Å². The third kappa shape index (κ3) is 1.32. The van der Waals surface area contributed by atoms with Crippen molar-refractivity contribution >= 4 is 33.6 Å². The summed E-state index contributed by atoms with van der Waals surface area (Å²) in [7, 11) is 0. The Kier molecular flexibility index (Phi) is 2.02. The van der Waals surface area contributed by atoms with E-state index in [9.17, 15) is 0 Å². The molecular weight excluding hydrogens is 265 g/mol. The predicted molar refractivity (Wildman–Crippen MR) is 56.7 cm³/mol. The highest BCUT2D eigenvalue weighted by Gasteiger charge is 2.00. The number of hydrogen-bond donors (Lipinski definition) is 2. The van der Waals surface area contributed by atoms with Crippen LogP contribution in [0.3, 0.4) is 0 Å². The summed E-state index contributed by atoms with van der Waals surface area (Å²) in [4.78, 5) is 7.43. The Bertz CT molecular complexity index is 408. The van der Waals surface area contributed by atoms with Gasteiger partial charge in [-0.25, -0.2) is 4.98 Å². The summed E-state index contributed by atoms with van der Waals surface area (Å²) in [6.07, 6.45) is 0. The SMILES string of the molecule is NCc1nc2ccc(I)cc2[nH]1. The van der Waals surface area contributed by atoms with E-state index in [0.29, 0.717) is 6.54 Å². The van der Waals surface area contributed by atoms with Gasteiger partial charge in [0.05, 0.1) is 17.6 Å². The molecule has 0 amide bonds. The Hall–Kier alpha value is -0.620. The molecule has 0 atom stereocenters. The molecule has 3 nitrogen and oxygen atoms in total. The average molecular weight is 273 g/mol. The first-order valence-corrected chi connectivity index (χ1v) is 4.71. The van der Waals surface area contributed by atoms with Crippen LogP contribution in [0.2, 0.25) is 0 Å². The second-order valence-corrected chi connectivity index (χ2v) is 3.79. The van der Waals surface area contributed by atoms with Crippen LogP contribution < -0.4 is 5.73 Å². The molecule has 0 spiro atoms. The number of hydrogen-bond acceptors (Lipinski definition) is 2. The molecule has 2 aromatic rings. The van der Waals surface area contributed by atoms with Gasteiger partial charge in [-0.3, -0.25) is 0 Å². The van der Waals surface area contributed by atoms with E-state index in [0.717, 1.165) is 16.9 Å². The van der Waals surface area contributed by atoms with Gasteiger partial charge in [-0.1, -0.05) is 0 Å². The zero-order chi connectivity index (χ0) is 8.55. The molecule has 0 saturated carbocycles. The molecule has 0 unspecified atom stereocenters. The Morgan fingerprint density at radius 1 is 1.50 bits per heavy atom. The zero-order valence-electron chi connectivity index (χ0n) is 6.34. The lowest BCUT2D eigenvalue weighted by Gasteiger charge is -1.87. The fourth-order valence-corrected chi connectivity index (χ4v) is 1.62. The monoisotopic (exact) mass is 273 g/mol. The minimum Gasteiger partial charge on any atom is -0.341 e. The number of imidazole rings is 1. The standard InChI is InChI=1S/C8H8IN3/c9-5-1-2-6-7(3-5)12-8(4-10)11-6/h1-3H,4,10H2,(H,11,12). The van der Waals surface area contributed by atoms with E-state index < -0.39 is 0 Å². The van der Waals surface area contributed by atoms with Gasteiger partial charge in [0.2, 0.25) is 0 Å². The minimum atomic E-state index is 0.464. The number of aromatic amines is 1. The molecule has 0 fully saturated rings. The molecule has 3 N–H and O–H groups in total. The Labute approximate surface area is 83.5 Å². The van der Waals surface area contributed by atoms with E-state index in [1.165, 1.54) is 3.57 Å². The second-order valence-electron chi connectivity index (χ2n) is 2.55. The van der Waals surface area contributed by atoms with Crippen molar-refractivity contribution in [3.63, 3.8) is 0 Å². The summed E-state index contributed by atoms with van der Waals surface area (Å²) in [6.45, 7) is 0.464. The van der Waals surface area contributed by atoms with Gasteiger partial charge in [0, 0.05) is 3.57 Å². The summed E-state index contributed by atoms with van der Waals surface area (Å²) in [5.74, 6) is 0.840. The number of aromatic nitrogens is 2. The van der Waals surface area contributed by atoms with E-state index in [4.69, 9.17) is 5.73 Å². The van der Waals surface area contributed by atoms with E-state index in [1.54, 1.807) is 0 Å². The van der Waals surface area contributed by atoms with Crippen molar-refractivity contribution in [2.75, 3.05) is 0 Å². The molecule has 1 aromatic carbocycles. The van der Waals surface area contributed by atoms with Crippen molar-refractivity contribution in [3.8, 4) is 0 Å². The van der Waals surface area contributed by atoms with Gasteiger partial charge in [0.1, 0.15) is 5.82 Å². The quantitative estimate of drug-likeness (QED) is 0.776. The largest absolute Gasteiger partial charge is 0.341 e. The second kappa shape index (κ2) is 3.02. The smallest absolute Gasteiger partial charge is 0.121 e. The first-order chi connectivity index (χ1) is 5.79. The summed E-state index contributed by atoms with van der Waals surface area (Å²) in [6, 6.07) is 6.08. The number of rotatable bonds is 1. The fourth-order valence-electron chi connectivity index (χ4n) is 1.13. The van der Waals surface area contributed by atoms with E-state index in [-0.39, 0.29) is 0 Å². The number of halogens is 1. The first kappa shape index (κ1) is 8.00. The Morgan fingerprint density at radius 3 is 3.08 bits per heavy atom. The molecule has 62 valence electrons. The topological polar surface area (TPSA) is 54.7 Å². The zero-order valence-corrected chi connectivity index (χ0v) is 8.50. The molecule has 2 rings (SSSR count). The van der Waals surface area contributed by atoms with E-state index >= 15 is 0 Å². The van der Waals surface area contributed by atoms with Gasteiger partial charge >= 0.3 is 0 Å². The molecular formula is C8H8IN3. The van der Waals surface area contributed by atoms with Crippen LogP contribution in [0, 0.1) is 3.57 Å². The predicted octanol–water partition coefficient (Wildman–Crippen LogP) is 1.63. The highest BCUT2D eigenvalue weighted by atomic mass is 127. The normalized spacial score (nSPS) is 10.8. The van der Waals surface area contributed by atoms with Crippen LogP contribution in [0.4, 0.5) is 0 Å². The van der Waals surface area contributed by atoms with Crippen LogP contribution in [0.15, 0.2) is 18.2 Å². The van der Waals surface area contributed by atoms with Gasteiger partial charge in [-0.2, -0.15) is 0 Å². The number of nitrogens with zero attached hydrogens (tertiary/aromatic N) is 1. The van der Waals surface area contributed by atoms with E-state index in [2.05, 4.69) is 38.6 Å². The van der Waals surface area contributed by atoms with Gasteiger partial charge < -0.3 is 10.7 Å². The van der Waals surface area contributed by atoms with Crippen molar-refractivity contribution in [2.45, 2.75) is 6.54 Å². The Balaban J connectivity index is 2.67. The number of H-pyrrole nitrogens is 1. The lowest BCUT2D eigenvalue weighted by molar-refractivity contribution is 0.958. The molecule has 4 heteroatoms. The maximum absolute atomic E-state index is 5.46. The number of nitrogens with one attached hydrogen (secondary N) is 1. The third-order valence-corrected chi connectivity index (χ3v) is 2.36. The average Bonchev–Trinajstić information content (AvgIpc) is 2.46. The molecule has 0 radical (unpaired) electrons. The van der Waals surface area contributed by atoms with Crippen LogP contribution in [0.25, 0.3) is 11.0 Å². The van der Waals surface area contributed by atoms with Gasteiger partial charge in [0.15, 0.2) is 0 Å². The third-order valence-electron chi connectivity index (χ3n) is 1.69. The minimum absolute atomic E-state index is 0.464. The maximum atomic E-state index is 5.46. The molecule has 0 aliphatic carbocycles. The maximum Gasteiger partial charge on any atom is 0.121 e. The van der Waals surface area contributed by atoms with Crippen LogP contribution in [-0.4, -0.2) is 9.97 Å². The van der Waals surface area contributed by atoms with E-state index in [1.807, 2.05) is 12.1 Å². The lowest BCUT2D eigenvalue weighted by Crippen LogP contribution is -1.97. The summed E-state index contributed by atoms with van der Waals surface area (Å²) >= 11 is 2.27. The van der Waals surface area contributed by atoms with Gasteiger partial charge in [-0.05, 0) is 40.8 Å². The van der Waals surface area contributed by atoms with Crippen LogP contribution in [0.1, 0.15) is 5.82 Å². The molecule has 0 aliphatic heterocycles. The summed E-state index contributed by atoms with van der Waals surface area (Å²) in [5, 5.41) is 0. The lowest BCUT2D eigenvalue weighted by atomic mass is 10.3. The number of benzene rings is 1. The van der Waals surface area contributed by atoms with Crippen LogP contribution in [0.5, 0.6) is 0 Å². The molecule has 1 aromatic heterocycles. The number of nitrogens with two attached hydrogens (primary N) is 1. The van der Waals surface area contributed by atoms with Gasteiger partial charge in [0.25, 0.3) is 0 Å². The molecule has 0 saturated heterocycles. The molecule has 1 heterocycles. The fraction of sp³-hybridized carbons (Fsp3) is 0.125. The number of fused-ring (bicyclic) bond motifs is 1. The van der Waals surface area contributed by atoms with Crippen molar-refractivity contribution < 1.29 is 0 Å². The van der Waals surface area contributed by atoms with Crippen molar-refractivity contribution in [3.05, 3.63) is 27.6 Å². The summed E-state index contributed by atoms with van der Waals surface area (Å²) < 4.78 is 1.20. The summed E-state index contributed by atoms with van der Waals surface area (Å²) in [5.41, 5.74) is 7.50. The van der Waals surface area contributed by atoms with Crippen LogP contribution in [-0.2, 0) is 6.54 Å². The molecule has 0 aliphatic rings. The van der Waals surface area contributed by atoms with Crippen molar-refractivity contribution in [1.82, 2.24) is 9.97 Å². The first-order valence-electron chi connectivity index (χ1n) is 3.64. The highest BCUT2D eigenvalue weighted by molar-refractivity contribution is 14.1. The van der Waals surface area contributed by atoms with Crippen molar-refractivity contribution in [2.24, 2.45) is 5.73 Å². The molecule has 0 bridgehead atoms. The van der Waals surface area contributed by atoms with Crippen LogP contribution >= 0.6 is 22.6 Å². The van der Waals surface area contributed by atoms with Crippen molar-refractivity contribution in [1.29, 1.82) is 0 Å². The Morgan fingerprint density at radius 2 is 2.33 bits per heavy atom.